The summed E-state index contributed by atoms with van der Waals surface area (Å²) < 4.78 is 0. The zero-order chi connectivity index (χ0) is 10.2. The molecule has 1 aliphatic carbocycles. The van der Waals surface area contributed by atoms with Gasteiger partial charge in [0.2, 0.25) is 0 Å². The first-order chi connectivity index (χ1) is 6.67. The molecule has 0 amide bonds. The fraction of sp³-hybridized carbons (Fsp3) is 0.500. The van der Waals surface area contributed by atoms with Crippen molar-refractivity contribution in [1.82, 2.24) is 0 Å². The summed E-state index contributed by atoms with van der Waals surface area (Å²) in [6.45, 7) is 1.98. The van der Waals surface area contributed by atoms with Gasteiger partial charge in [-0.2, -0.15) is 0 Å². The first-order valence-corrected chi connectivity index (χ1v) is 5.04. The lowest BCUT2D eigenvalue weighted by molar-refractivity contribution is -0.0200. The van der Waals surface area contributed by atoms with Crippen LogP contribution in [0.4, 0.5) is 0 Å². The van der Waals surface area contributed by atoms with Crippen molar-refractivity contribution in [3.8, 4) is 0 Å². The molecule has 0 unspecified atom stereocenters. The third-order valence-electron chi connectivity index (χ3n) is 3.34. The fourth-order valence-corrected chi connectivity index (χ4v) is 2.13. The van der Waals surface area contributed by atoms with E-state index in [2.05, 4.69) is 6.07 Å². The van der Waals surface area contributed by atoms with Gasteiger partial charge in [-0.05, 0) is 24.0 Å². The molecule has 2 N–H and O–H groups in total. The van der Waals surface area contributed by atoms with Gasteiger partial charge in [-0.15, -0.1) is 0 Å². The molecule has 0 saturated heterocycles. The van der Waals surface area contributed by atoms with Crippen molar-refractivity contribution in [2.45, 2.75) is 25.9 Å². The largest absolute Gasteiger partial charge is 0.396 e. The monoisotopic (exact) mass is 192 g/mol. The summed E-state index contributed by atoms with van der Waals surface area (Å²) in [4.78, 5) is 0. The first-order valence-electron chi connectivity index (χ1n) is 5.04. The van der Waals surface area contributed by atoms with Crippen LogP contribution >= 0.6 is 0 Å². The van der Waals surface area contributed by atoms with E-state index >= 15 is 0 Å². The van der Waals surface area contributed by atoms with E-state index in [0.29, 0.717) is 0 Å². The maximum atomic E-state index is 10.1. The summed E-state index contributed by atoms with van der Waals surface area (Å²) in [6, 6.07) is 7.93. The van der Waals surface area contributed by atoms with Crippen LogP contribution in [0.1, 0.15) is 30.6 Å². The Hall–Kier alpha value is -0.860. The van der Waals surface area contributed by atoms with Gasteiger partial charge >= 0.3 is 0 Å². The quantitative estimate of drug-likeness (QED) is 0.710. The SMILES string of the molecule is C[C@]1(CO)CCc2ccccc2[C@H]1O. The minimum Gasteiger partial charge on any atom is -0.396 e. The number of aryl methyl sites for hydroxylation is 1. The minimum absolute atomic E-state index is 0.0441. The molecule has 0 spiro atoms. The van der Waals surface area contributed by atoms with Gasteiger partial charge < -0.3 is 10.2 Å². The number of hydrogen-bond donors (Lipinski definition) is 2. The van der Waals surface area contributed by atoms with Crippen LogP contribution in [0.5, 0.6) is 0 Å². The Morgan fingerprint density at radius 3 is 2.86 bits per heavy atom. The highest BCUT2D eigenvalue weighted by Gasteiger charge is 2.37. The van der Waals surface area contributed by atoms with Crippen molar-refractivity contribution in [3.05, 3.63) is 35.4 Å². The van der Waals surface area contributed by atoms with Crippen LogP contribution in [-0.4, -0.2) is 16.8 Å². The van der Waals surface area contributed by atoms with Gasteiger partial charge in [0.25, 0.3) is 0 Å². The lowest BCUT2D eigenvalue weighted by atomic mass is 9.71. The van der Waals surface area contributed by atoms with Crippen LogP contribution in [0.2, 0.25) is 0 Å². The van der Waals surface area contributed by atoms with Crippen LogP contribution < -0.4 is 0 Å². The molecule has 0 bridgehead atoms. The smallest absolute Gasteiger partial charge is 0.0868 e. The Balaban J connectivity index is 2.41. The Labute approximate surface area is 84.2 Å². The number of rotatable bonds is 1. The lowest BCUT2D eigenvalue weighted by Gasteiger charge is -2.38. The average Bonchev–Trinajstić information content (AvgIpc) is 2.24. The molecule has 2 heteroatoms. The van der Waals surface area contributed by atoms with Gasteiger partial charge in [-0.25, -0.2) is 0 Å². The number of hydrogen-bond acceptors (Lipinski definition) is 2. The van der Waals surface area contributed by atoms with E-state index < -0.39 is 6.10 Å². The Morgan fingerprint density at radius 1 is 1.43 bits per heavy atom. The van der Waals surface area contributed by atoms with Gasteiger partial charge in [0, 0.05) is 5.41 Å². The van der Waals surface area contributed by atoms with Gasteiger partial charge in [-0.3, -0.25) is 0 Å². The van der Waals surface area contributed by atoms with E-state index in [-0.39, 0.29) is 12.0 Å². The molecule has 2 rings (SSSR count). The molecule has 0 aliphatic heterocycles. The van der Waals surface area contributed by atoms with Crippen LogP contribution in [-0.2, 0) is 6.42 Å². The van der Waals surface area contributed by atoms with Crippen molar-refractivity contribution >= 4 is 0 Å². The van der Waals surface area contributed by atoms with E-state index in [0.717, 1.165) is 18.4 Å². The minimum atomic E-state index is -0.530. The molecule has 0 saturated carbocycles. The zero-order valence-electron chi connectivity index (χ0n) is 8.40. The number of aliphatic hydroxyl groups is 2. The normalized spacial score (nSPS) is 31.2. The Kier molecular flexibility index (Phi) is 2.33. The predicted molar refractivity (Wildman–Crippen MR) is 54.9 cm³/mol. The molecule has 0 radical (unpaired) electrons. The molecule has 2 nitrogen and oxygen atoms in total. The van der Waals surface area contributed by atoms with E-state index in [1.807, 2.05) is 25.1 Å². The van der Waals surface area contributed by atoms with E-state index in [4.69, 9.17) is 0 Å². The molecule has 1 aliphatic rings. The van der Waals surface area contributed by atoms with Crippen molar-refractivity contribution in [2.24, 2.45) is 5.41 Å². The molecule has 76 valence electrons. The van der Waals surface area contributed by atoms with Gasteiger partial charge in [0.15, 0.2) is 0 Å². The van der Waals surface area contributed by atoms with Gasteiger partial charge in [0.1, 0.15) is 0 Å². The highest BCUT2D eigenvalue weighted by atomic mass is 16.3. The fourth-order valence-electron chi connectivity index (χ4n) is 2.13. The van der Waals surface area contributed by atoms with Crippen molar-refractivity contribution in [2.75, 3.05) is 6.61 Å². The summed E-state index contributed by atoms with van der Waals surface area (Å²) >= 11 is 0. The standard InChI is InChI=1S/C12H16O2/c1-12(8-13)7-6-9-4-2-3-5-10(9)11(12)14/h2-5,11,13-14H,6-8H2,1H3/t11-,12-/m1/s1. The topological polar surface area (TPSA) is 40.5 Å². The molecule has 1 aromatic carbocycles. The van der Waals surface area contributed by atoms with Crippen LogP contribution in [0.3, 0.4) is 0 Å². The summed E-state index contributed by atoms with van der Waals surface area (Å²) in [5.41, 5.74) is 1.83. The summed E-state index contributed by atoms with van der Waals surface area (Å²) in [5.74, 6) is 0. The highest BCUT2D eigenvalue weighted by Crippen LogP contribution is 2.43. The molecule has 0 aromatic heterocycles. The summed E-state index contributed by atoms with van der Waals surface area (Å²) in [5, 5.41) is 19.4. The van der Waals surface area contributed by atoms with Crippen LogP contribution in [0.15, 0.2) is 24.3 Å². The van der Waals surface area contributed by atoms with Gasteiger partial charge in [0.05, 0.1) is 12.7 Å². The van der Waals surface area contributed by atoms with E-state index in [1.54, 1.807) is 0 Å². The van der Waals surface area contributed by atoms with E-state index in [1.165, 1.54) is 5.56 Å². The molecular formula is C12H16O2. The maximum absolute atomic E-state index is 10.1. The van der Waals surface area contributed by atoms with Gasteiger partial charge in [-0.1, -0.05) is 31.2 Å². The zero-order valence-corrected chi connectivity index (χ0v) is 8.40. The summed E-state index contributed by atoms with van der Waals surface area (Å²) in [7, 11) is 0. The molecule has 0 heterocycles. The maximum Gasteiger partial charge on any atom is 0.0868 e. The lowest BCUT2D eigenvalue weighted by Crippen LogP contribution is -2.34. The molecule has 1 aromatic rings. The molecule has 2 atom stereocenters. The number of benzene rings is 1. The van der Waals surface area contributed by atoms with E-state index in [9.17, 15) is 10.2 Å². The van der Waals surface area contributed by atoms with Crippen LogP contribution in [0.25, 0.3) is 0 Å². The van der Waals surface area contributed by atoms with Crippen molar-refractivity contribution in [1.29, 1.82) is 0 Å². The third kappa shape index (κ3) is 1.35. The van der Waals surface area contributed by atoms with Crippen LogP contribution in [0, 0.1) is 5.41 Å². The van der Waals surface area contributed by atoms with Crippen molar-refractivity contribution < 1.29 is 10.2 Å². The molecular weight excluding hydrogens is 176 g/mol. The summed E-state index contributed by atoms with van der Waals surface area (Å²) in [6.07, 6.45) is 1.27. The Morgan fingerprint density at radius 2 is 2.14 bits per heavy atom. The second kappa shape index (κ2) is 3.37. The second-order valence-electron chi connectivity index (χ2n) is 4.41. The molecule has 14 heavy (non-hydrogen) atoms. The average molecular weight is 192 g/mol. The first kappa shape index (κ1) is 9.69. The number of aliphatic hydroxyl groups excluding tert-OH is 2. The predicted octanol–water partition coefficient (Wildman–Crippen LogP) is 1.66. The highest BCUT2D eigenvalue weighted by molar-refractivity contribution is 5.33. The van der Waals surface area contributed by atoms with Crippen molar-refractivity contribution in [3.63, 3.8) is 0 Å². The second-order valence-corrected chi connectivity index (χ2v) is 4.41. The third-order valence-corrected chi connectivity index (χ3v) is 3.34. The number of fused-ring (bicyclic) bond motifs is 1. The molecule has 0 fully saturated rings. The Bertz CT molecular complexity index is 335.